The molecule has 108 valence electrons. The quantitative estimate of drug-likeness (QED) is 0.837. The van der Waals surface area contributed by atoms with E-state index in [1.165, 1.54) is 0 Å². The van der Waals surface area contributed by atoms with Gasteiger partial charge in [0.1, 0.15) is 6.26 Å². The van der Waals surface area contributed by atoms with Gasteiger partial charge in [-0.2, -0.15) is 4.98 Å². The van der Waals surface area contributed by atoms with Crippen molar-refractivity contribution in [2.45, 2.75) is 27.3 Å². The summed E-state index contributed by atoms with van der Waals surface area (Å²) in [5.41, 5.74) is 2.04. The Balaban J connectivity index is 2.03. The second-order valence-electron chi connectivity index (χ2n) is 5.23. The number of para-hydroxylation sites is 1. The molecule has 0 aliphatic carbocycles. The van der Waals surface area contributed by atoms with E-state index in [4.69, 9.17) is 4.42 Å². The fourth-order valence-corrected chi connectivity index (χ4v) is 2.03. The summed E-state index contributed by atoms with van der Waals surface area (Å²) in [7, 11) is 0. The van der Waals surface area contributed by atoms with Crippen molar-refractivity contribution < 1.29 is 4.42 Å². The maximum atomic E-state index is 5.60. The minimum absolute atomic E-state index is 0.637. The molecule has 0 amide bonds. The summed E-state index contributed by atoms with van der Waals surface area (Å²) in [5, 5.41) is 3.37. The molecule has 0 spiro atoms. The third-order valence-corrected chi connectivity index (χ3v) is 3.01. The number of nitrogens with zero attached hydrogens (tertiary/aromatic N) is 2. The molecule has 1 aromatic carbocycles. The van der Waals surface area contributed by atoms with E-state index in [1.54, 1.807) is 6.26 Å². The first-order valence-electron chi connectivity index (χ1n) is 7.18. The van der Waals surface area contributed by atoms with Crippen LogP contribution in [0.4, 0.5) is 11.7 Å². The van der Waals surface area contributed by atoms with Gasteiger partial charge < -0.3 is 9.73 Å². The Kier molecular flexibility index (Phi) is 5.18. The molecular formula is C16H23N3O. The Morgan fingerprint density at radius 2 is 2.00 bits per heavy atom. The van der Waals surface area contributed by atoms with Crippen molar-refractivity contribution in [3.05, 3.63) is 42.3 Å². The lowest BCUT2D eigenvalue weighted by molar-refractivity contribution is 0.539. The minimum atomic E-state index is 0.637. The summed E-state index contributed by atoms with van der Waals surface area (Å²) in [5.74, 6) is 0.637. The molecule has 1 heterocycles. The summed E-state index contributed by atoms with van der Waals surface area (Å²) in [6.45, 7) is 9.02. The van der Waals surface area contributed by atoms with Crippen molar-refractivity contribution in [2.75, 3.05) is 18.0 Å². The van der Waals surface area contributed by atoms with Gasteiger partial charge in [-0.1, -0.05) is 32.0 Å². The van der Waals surface area contributed by atoms with Crippen LogP contribution in [0.2, 0.25) is 0 Å². The topological polar surface area (TPSA) is 41.3 Å². The highest BCUT2D eigenvalue weighted by molar-refractivity contribution is 5.55. The molecule has 0 radical (unpaired) electrons. The average molecular weight is 273 g/mol. The highest BCUT2D eigenvalue weighted by atomic mass is 16.4. The number of anilines is 2. The van der Waals surface area contributed by atoms with Crippen molar-refractivity contribution >= 4 is 11.7 Å². The van der Waals surface area contributed by atoms with Crippen molar-refractivity contribution in [2.24, 2.45) is 5.92 Å². The van der Waals surface area contributed by atoms with Gasteiger partial charge in [0.05, 0.1) is 5.69 Å². The van der Waals surface area contributed by atoms with E-state index in [9.17, 15) is 0 Å². The Morgan fingerprint density at radius 3 is 2.65 bits per heavy atom. The predicted molar refractivity (Wildman–Crippen MR) is 82.2 cm³/mol. The number of rotatable bonds is 7. The monoisotopic (exact) mass is 273 g/mol. The van der Waals surface area contributed by atoms with Crippen LogP contribution in [0.3, 0.4) is 0 Å². The molecular weight excluding hydrogens is 250 g/mol. The molecule has 20 heavy (non-hydrogen) atoms. The van der Waals surface area contributed by atoms with Crippen LogP contribution in [0.25, 0.3) is 0 Å². The van der Waals surface area contributed by atoms with E-state index >= 15 is 0 Å². The van der Waals surface area contributed by atoms with Crippen LogP contribution in [0, 0.1) is 5.92 Å². The average Bonchev–Trinajstić information content (AvgIpc) is 2.89. The summed E-state index contributed by atoms with van der Waals surface area (Å²) >= 11 is 0. The van der Waals surface area contributed by atoms with Gasteiger partial charge in [-0.25, -0.2) is 0 Å². The summed E-state index contributed by atoms with van der Waals surface area (Å²) in [6.07, 6.45) is 1.73. The molecule has 0 saturated carbocycles. The standard InChI is InChI=1S/C16H23N3O/c1-4-19(15-8-6-5-7-9-15)16-18-14(12-20-16)11-17-10-13(2)3/h5-9,12-13,17H,4,10-11H2,1-3H3. The number of benzene rings is 1. The normalized spacial score (nSPS) is 11.0. The Hall–Kier alpha value is -1.81. The second kappa shape index (κ2) is 7.10. The zero-order chi connectivity index (χ0) is 14.4. The van der Waals surface area contributed by atoms with Gasteiger partial charge in [0.25, 0.3) is 0 Å². The minimum Gasteiger partial charge on any atom is -0.431 e. The molecule has 2 aromatic rings. The third kappa shape index (κ3) is 3.84. The largest absolute Gasteiger partial charge is 0.431 e. The first-order chi connectivity index (χ1) is 9.70. The van der Waals surface area contributed by atoms with Gasteiger partial charge in [-0.05, 0) is 31.5 Å². The lowest BCUT2D eigenvalue weighted by Gasteiger charge is -2.18. The Morgan fingerprint density at radius 1 is 1.25 bits per heavy atom. The second-order valence-corrected chi connectivity index (χ2v) is 5.23. The molecule has 4 heteroatoms. The fourth-order valence-electron chi connectivity index (χ4n) is 2.03. The lowest BCUT2D eigenvalue weighted by atomic mass is 10.2. The molecule has 0 aliphatic rings. The Labute approximate surface area is 120 Å². The SMILES string of the molecule is CCN(c1ccccc1)c1nc(CNCC(C)C)co1. The van der Waals surface area contributed by atoms with Crippen LogP contribution < -0.4 is 10.2 Å². The van der Waals surface area contributed by atoms with Crippen LogP contribution in [-0.2, 0) is 6.54 Å². The maximum Gasteiger partial charge on any atom is 0.302 e. The van der Waals surface area contributed by atoms with Crippen LogP contribution >= 0.6 is 0 Å². The molecule has 0 saturated heterocycles. The van der Waals surface area contributed by atoms with E-state index in [0.717, 1.165) is 31.0 Å². The zero-order valence-electron chi connectivity index (χ0n) is 12.5. The zero-order valence-corrected chi connectivity index (χ0v) is 12.5. The van der Waals surface area contributed by atoms with Crippen LogP contribution in [0.1, 0.15) is 26.5 Å². The molecule has 4 nitrogen and oxygen atoms in total. The van der Waals surface area contributed by atoms with E-state index in [1.807, 2.05) is 18.2 Å². The first-order valence-corrected chi connectivity index (χ1v) is 7.18. The fraction of sp³-hybridized carbons (Fsp3) is 0.438. The van der Waals surface area contributed by atoms with E-state index in [-0.39, 0.29) is 0 Å². The number of nitrogens with one attached hydrogen (secondary N) is 1. The lowest BCUT2D eigenvalue weighted by Crippen LogP contribution is -2.19. The molecule has 0 atom stereocenters. The molecule has 0 aliphatic heterocycles. The van der Waals surface area contributed by atoms with Crippen LogP contribution in [-0.4, -0.2) is 18.1 Å². The first kappa shape index (κ1) is 14.6. The predicted octanol–water partition coefficient (Wildman–Crippen LogP) is 3.58. The molecule has 0 bridgehead atoms. The van der Waals surface area contributed by atoms with Gasteiger partial charge in [0.15, 0.2) is 0 Å². The van der Waals surface area contributed by atoms with Gasteiger partial charge in [-0.3, -0.25) is 4.90 Å². The highest BCUT2D eigenvalue weighted by Gasteiger charge is 2.13. The van der Waals surface area contributed by atoms with Crippen molar-refractivity contribution in [1.29, 1.82) is 0 Å². The van der Waals surface area contributed by atoms with E-state index < -0.39 is 0 Å². The molecule has 1 N–H and O–H groups in total. The molecule has 2 rings (SSSR count). The number of aromatic nitrogens is 1. The number of hydrogen-bond donors (Lipinski definition) is 1. The van der Waals surface area contributed by atoms with Crippen molar-refractivity contribution in [3.8, 4) is 0 Å². The van der Waals surface area contributed by atoms with Gasteiger partial charge in [0, 0.05) is 18.8 Å². The maximum absolute atomic E-state index is 5.60. The summed E-state index contributed by atoms with van der Waals surface area (Å²) < 4.78 is 5.60. The molecule has 0 unspecified atom stereocenters. The number of hydrogen-bond acceptors (Lipinski definition) is 4. The van der Waals surface area contributed by atoms with Gasteiger partial charge >= 0.3 is 6.01 Å². The van der Waals surface area contributed by atoms with Crippen LogP contribution in [0.5, 0.6) is 0 Å². The van der Waals surface area contributed by atoms with E-state index in [0.29, 0.717) is 11.9 Å². The number of oxazole rings is 1. The van der Waals surface area contributed by atoms with Gasteiger partial charge in [-0.15, -0.1) is 0 Å². The van der Waals surface area contributed by atoms with E-state index in [2.05, 4.69) is 48.1 Å². The Bertz CT molecular complexity index is 507. The molecule has 1 aromatic heterocycles. The highest BCUT2D eigenvalue weighted by Crippen LogP contribution is 2.23. The summed E-state index contributed by atoms with van der Waals surface area (Å²) in [6, 6.07) is 10.8. The molecule has 0 fully saturated rings. The summed E-state index contributed by atoms with van der Waals surface area (Å²) in [4.78, 5) is 6.61. The van der Waals surface area contributed by atoms with Crippen molar-refractivity contribution in [3.63, 3.8) is 0 Å². The van der Waals surface area contributed by atoms with Crippen molar-refractivity contribution in [1.82, 2.24) is 10.3 Å². The van der Waals surface area contributed by atoms with Gasteiger partial charge in [0.2, 0.25) is 0 Å². The smallest absolute Gasteiger partial charge is 0.302 e. The van der Waals surface area contributed by atoms with Crippen LogP contribution in [0.15, 0.2) is 41.0 Å². The third-order valence-electron chi connectivity index (χ3n) is 3.01.